The SMILES string of the molecule is CCCCc1c(CCC)c(=O)[nH]n1-c1ccccc1C. The highest BCUT2D eigenvalue weighted by molar-refractivity contribution is 5.42. The van der Waals surface area contributed by atoms with Crippen LogP contribution >= 0.6 is 0 Å². The average molecular weight is 272 g/mol. The fraction of sp³-hybridized carbons (Fsp3) is 0.471. The summed E-state index contributed by atoms with van der Waals surface area (Å²) in [6.07, 6.45) is 5.06. The molecule has 0 saturated carbocycles. The van der Waals surface area contributed by atoms with Gasteiger partial charge in [0.1, 0.15) is 0 Å². The molecule has 0 aliphatic rings. The fourth-order valence-electron chi connectivity index (χ4n) is 2.64. The molecule has 0 unspecified atom stereocenters. The molecule has 0 aliphatic heterocycles. The van der Waals surface area contributed by atoms with Gasteiger partial charge in [0.15, 0.2) is 0 Å². The third-order valence-corrected chi connectivity index (χ3v) is 3.73. The molecule has 1 aromatic carbocycles. The molecule has 0 bridgehead atoms. The zero-order valence-corrected chi connectivity index (χ0v) is 12.7. The summed E-state index contributed by atoms with van der Waals surface area (Å²) in [5.41, 5.74) is 4.45. The third-order valence-electron chi connectivity index (χ3n) is 3.73. The van der Waals surface area contributed by atoms with Crippen LogP contribution in [0.4, 0.5) is 0 Å². The summed E-state index contributed by atoms with van der Waals surface area (Å²) in [5.74, 6) is 0. The first kappa shape index (κ1) is 14.6. The van der Waals surface area contributed by atoms with Gasteiger partial charge in [-0.25, -0.2) is 0 Å². The van der Waals surface area contributed by atoms with Crippen molar-refractivity contribution in [1.82, 2.24) is 9.78 Å². The molecule has 0 aliphatic carbocycles. The Hall–Kier alpha value is -1.77. The van der Waals surface area contributed by atoms with Crippen molar-refractivity contribution in [2.75, 3.05) is 0 Å². The summed E-state index contributed by atoms with van der Waals surface area (Å²) in [6, 6.07) is 8.19. The highest BCUT2D eigenvalue weighted by Crippen LogP contribution is 2.18. The van der Waals surface area contributed by atoms with Crippen molar-refractivity contribution in [3.05, 3.63) is 51.4 Å². The van der Waals surface area contributed by atoms with E-state index in [1.807, 2.05) is 16.8 Å². The van der Waals surface area contributed by atoms with Crippen molar-refractivity contribution in [3.8, 4) is 5.69 Å². The number of aryl methyl sites for hydroxylation is 1. The van der Waals surface area contributed by atoms with Gasteiger partial charge in [0, 0.05) is 11.3 Å². The first-order valence-electron chi connectivity index (χ1n) is 7.57. The topological polar surface area (TPSA) is 37.8 Å². The lowest BCUT2D eigenvalue weighted by molar-refractivity contribution is 0.717. The summed E-state index contributed by atoms with van der Waals surface area (Å²) in [5, 5.41) is 3.03. The van der Waals surface area contributed by atoms with Gasteiger partial charge >= 0.3 is 0 Å². The van der Waals surface area contributed by atoms with Crippen LogP contribution < -0.4 is 5.56 Å². The minimum absolute atomic E-state index is 0.0706. The Morgan fingerprint density at radius 3 is 2.50 bits per heavy atom. The molecule has 1 heterocycles. The first-order chi connectivity index (χ1) is 9.69. The number of benzene rings is 1. The summed E-state index contributed by atoms with van der Waals surface area (Å²) < 4.78 is 2.00. The lowest BCUT2D eigenvalue weighted by Gasteiger charge is -2.12. The Kier molecular flexibility index (Phi) is 4.83. The minimum atomic E-state index is 0.0706. The average Bonchev–Trinajstić information content (AvgIpc) is 2.74. The van der Waals surface area contributed by atoms with Gasteiger partial charge in [-0.3, -0.25) is 14.6 Å². The highest BCUT2D eigenvalue weighted by atomic mass is 16.1. The fourth-order valence-corrected chi connectivity index (χ4v) is 2.64. The molecule has 0 spiro atoms. The van der Waals surface area contributed by atoms with Gasteiger partial charge in [-0.1, -0.05) is 44.9 Å². The van der Waals surface area contributed by atoms with Crippen molar-refractivity contribution in [2.45, 2.75) is 52.9 Å². The number of para-hydroxylation sites is 1. The molecular weight excluding hydrogens is 248 g/mol. The number of hydrogen-bond donors (Lipinski definition) is 1. The number of unbranched alkanes of at least 4 members (excludes halogenated alkanes) is 1. The van der Waals surface area contributed by atoms with Gasteiger partial charge in [0.05, 0.1) is 5.69 Å². The van der Waals surface area contributed by atoms with Gasteiger partial charge < -0.3 is 0 Å². The van der Waals surface area contributed by atoms with Gasteiger partial charge in [-0.05, 0) is 37.8 Å². The molecule has 108 valence electrons. The number of rotatable bonds is 6. The molecule has 0 saturated heterocycles. The summed E-state index contributed by atoms with van der Waals surface area (Å²) in [6.45, 7) is 6.38. The van der Waals surface area contributed by atoms with Crippen LogP contribution in [0.5, 0.6) is 0 Å². The van der Waals surface area contributed by atoms with Gasteiger partial charge in [0.25, 0.3) is 5.56 Å². The Labute approximate surface area is 120 Å². The molecule has 0 radical (unpaired) electrons. The largest absolute Gasteiger partial charge is 0.268 e. The van der Waals surface area contributed by atoms with Gasteiger partial charge in [-0.2, -0.15) is 0 Å². The molecule has 1 aromatic heterocycles. The Balaban J connectivity index is 2.55. The van der Waals surface area contributed by atoms with E-state index in [-0.39, 0.29) is 5.56 Å². The minimum Gasteiger partial charge on any atom is -0.268 e. The molecule has 0 fully saturated rings. The highest BCUT2D eigenvalue weighted by Gasteiger charge is 2.15. The predicted molar refractivity (Wildman–Crippen MR) is 83.7 cm³/mol. The molecule has 0 atom stereocenters. The van der Waals surface area contributed by atoms with Crippen LogP contribution in [0.2, 0.25) is 0 Å². The first-order valence-corrected chi connectivity index (χ1v) is 7.57. The molecule has 0 amide bonds. The van der Waals surface area contributed by atoms with Crippen LogP contribution in [0.1, 0.15) is 49.9 Å². The smallest absolute Gasteiger partial charge is 0.267 e. The van der Waals surface area contributed by atoms with E-state index in [2.05, 4.69) is 38.0 Å². The zero-order valence-electron chi connectivity index (χ0n) is 12.7. The van der Waals surface area contributed by atoms with E-state index >= 15 is 0 Å². The lowest BCUT2D eigenvalue weighted by atomic mass is 10.1. The maximum absolute atomic E-state index is 12.2. The number of aromatic nitrogens is 2. The molecule has 20 heavy (non-hydrogen) atoms. The van der Waals surface area contributed by atoms with E-state index in [0.29, 0.717) is 0 Å². The molecular formula is C17H24N2O. The van der Waals surface area contributed by atoms with Crippen molar-refractivity contribution < 1.29 is 0 Å². The Morgan fingerprint density at radius 1 is 1.10 bits per heavy atom. The maximum Gasteiger partial charge on any atom is 0.267 e. The summed E-state index contributed by atoms with van der Waals surface area (Å²) >= 11 is 0. The van der Waals surface area contributed by atoms with Crippen molar-refractivity contribution in [3.63, 3.8) is 0 Å². The second-order valence-corrected chi connectivity index (χ2v) is 5.34. The van der Waals surface area contributed by atoms with E-state index in [1.165, 1.54) is 5.56 Å². The van der Waals surface area contributed by atoms with E-state index in [4.69, 9.17) is 0 Å². The number of hydrogen-bond acceptors (Lipinski definition) is 1. The molecule has 3 nitrogen and oxygen atoms in total. The van der Waals surface area contributed by atoms with Crippen LogP contribution in [0.25, 0.3) is 5.69 Å². The number of nitrogens with zero attached hydrogens (tertiary/aromatic N) is 1. The molecule has 3 heteroatoms. The second-order valence-electron chi connectivity index (χ2n) is 5.34. The van der Waals surface area contributed by atoms with Crippen molar-refractivity contribution in [2.24, 2.45) is 0 Å². The van der Waals surface area contributed by atoms with Gasteiger partial charge in [-0.15, -0.1) is 0 Å². The van der Waals surface area contributed by atoms with Gasteiger partial charge in [0.2, 0.25) is 0 Å². The van der Waals surface area contributed by atoms with E-state index in [0.717, 1.165) is 49.0 Å². The lowest BCUT2D eigenvalue weighted by Crippen LogP contribution is -2.07. The quantitative estimate of drug-likeness (QED) is 0.854. The standard InChI is InChI=1S/C17H24N2O/c1-4-6-11-16-14(9-5-2)17(20)18-19(16)15-12-8-7-10-13(15)3/h7-8,10,12H,4-6,9,11H2,1-3H3,(H,18,20). The monoisotopic (exact) mass is 272 g/mol. The van der Waals surface area contributed by atoms with Crippen molar-refractivity contribution >= 4 is 0 Å². The summed E-state index contributed by atoms with van der Waals surface area (Å²) in [4.78, 5) is 12.2. The number of H-pyrrole nitrogens is 1. The van der Waals surface area contributed by atoms with E-state index in [1.54, 1.807) is 0 Å². The van der Waals surface area contributed by atoms with Crippen LogP contribution in [0, 0.1) is 6.92 Å². The Morgan fingerprint density at radius 2 is 1.85 bits per heavy atom. The van der Waals surface area contributed by atoms with Crippen LogP contribution in [-0.4, -0.2) is 9.78 Å². The van der Waals surface area contributed by atoms with E-state index in [9.17, 15) is 4.79 Å². The second kappa shape index (κ2) is 6.60. The Bertz CT molecular complexity index is 622. The maximum atomic E-state index is 12.2. The summed E-state index contributed by atoms with van der Waals surface area (Å²) in [7, 11) is 0. The van der Waals surface area contributed by atoms with Crippen LogP contribution in [-0.2, 0) is 12.8 Å². The van der Waals surface area contributed by atoms with Crippen molar-refractivity contribution in [1.29, 1.82) is 0 Å². The molecule has 2 aromatic rings. The van der Waals surface area contributed by atoms with E-state index < -0.39 is 0 Å². The third kappa shape index (κ3) is 2.87. The number of nitrogens with one attached hydrogen (secondary N) is 1. The van der Waals surface area contributed by atoms with Crippen LogP contribution in [0.15, 0.2) is 29.1 Å². The molecule has 1 N–H and O–H groups in total. The predicted octanol–water partition coefficient (Wildman–Crippen LogP) is 3.77. The normalized spacial score (nSPS) is 10.9. The number of aromatic amines is 1. The zero-order chi connectivity index (χ0) is 14.5. The van der Waals surface area contributed by atoms with Crippen LogP contribution in [0.3, 0.4) is 0 Å². The molecule has 2 rings (SSSR count).